The highest BCUT2D eigenvalue weighted by Gasteiger charge is 2.51. The van der Waals surface area contributed by atoms with Gasteiger partial charge in [0.15, 0.2) is 5.60 Å². The summed E-state index contributed by atoms with van der Waals surface area (Å²) in [6, 6.07) is 2.17. The monoisotopic (exact) mass is 266 g/mol. The van der Waals surface area contributed by atoms with Gasteiger partial charge >= 0.3 is 0 Å². The molecule has 0 bridgehead atoms. The molecule has 0 aromatic rings. The number of nitrogens with zero attached hydrogens (tertiary/aromatic N) is 2. The number of piperidine rings is 1. The van der Waals surface area contributed by atoms with Gasteiger partial charge in [0.1, 0.15) is 5.78 Å². The van der Waals surface area contributed by atoms with E-state index in [4.69, 9.17) is 4.84 Å². The van der Waals surface area contributed by atoms with E-state index in [1.165, 1.54) is 0 Å². The number of hydroxylamine groups is 2. The number of hydrogen-bond donors (Lipinski definition) is 0. The summed E-state index contributed by atoms with van der Waals surface area (Å²) in [5.41, 5.74) is -1.68. The van der Waals surface area contributed by atoms with Crippen LogP contribution in [0.1, 0.15) is 61.3 Å². The van der Waals surface area contributed by atoms with Crippen LogP contribution in [-0.4, -0.2) is 27.5 Å². The molecular weight excluding hydrogens is 240 g/mol. The minimum absolute atomic E-state index is 0.255. The maximum atomic E-state index is 12.0. The smallest absolute Gasteiger partial charge is 0.170 e. The van der Waals surface area contributed by atoms with Crippen molar-refractivity contribution in [1.82, 2.24) is 5.06 Å². The summed E-state index contributed by atoms with van der Waals surface area (Å²) in [5, 5.41) is 11.1. The van der Waals surface area contributed by atoms with Crippen LogP contribution in [0.25, 0.3) is 0 Å². The molecule has 4 nitrogen and oxygen atoms in total. The van der Waals surface area contributed by atoms with Crippen molar-refractivity contribution in [3.8, 4) is 6.07 Å². The highest BCUT2D eigenvalue weighted by atomic mass is 16.7. The van der Waals surface area contributed by atoms with E-state index < -0.39 is 11.1 Å². The summed E-state index contributed by atoms with van der Waals surface area (Å²) in [4.78, 5) is 18.0. The third kappa shape index (κ3) is 3.16. The van der Waals surface area contributed by atoms with Gasteiger partial charge in [-0.2, -0.15) is 10.3 Å². The normalized spacial score (nSPS) is 28.5. The number of ketones is 1. The molecule has 4 heteroatoms. The van der Waals surface area contributed by atoms with Gasteiger partial charge in [0, 0.05) is 18.4 Å². The van der Waals surface area contributed by atoms with Gasteiger partial charge in [-0.25, -0.2) is 0 Å². The summed E-state index contributed by atoms with van der Waals surface area (Å²) < 4.78 is 0. The molecule has 0 saturated carbocycles. The van der Waals surface area contributed by atoms with E-state index in [1.807, 2.05) is 25.8 Å². The fourth-order valence-electron chi connectivity index (χ4n) is 2.69. The molecule has 0 aromatic heterocycles. The minimum atomic E-state index is -0.895. The Morgan fingerprint density at radius 3 is 2.26 bits per heavy atom. The van der Waals surface area contributed by atoms with Gasteiger partial charge in [-0.3, -0.25) is 9.63 Å². The Kier molecular flexibility index (Phi) is 4.15. The van der Waals surface area contributed by atoms with Gasteiger partial charge in [0.2, 0.25) is 0 Å². The fourth-order valence-corrected chi connectivity index (χ4v) is 2.69. The molecule has 1 saturated heterocycles. The summed E-state index contributed by atoms with van der Waals surface area (Å²) in [5.74, 6) is 0.515. The lowest BCUT2D eigenvalue weighted by Gasteiger charge is -2.55. The van der Waals surface area contributed by atoms with Crippen molar-refractivity contribution in [3.63, 3.8) is 0 Å². The van der Waals surface area contributed by atoms with Crippen LogP contribution in [0, 0.1) is 17.2 Å². The predicted molar refractivity (Wildman–Crippen MR) is 74.2 cm³/mol. The lowest BCUT2D eigenvalue weighted by Crippen LogP contribution is -2.65. The Bertz CT molecular complexity index is 407. The van der Waals surface area contributed by atoms with Crippen LogP contribution < -0.4 is 0 Å². The topological polar surface area (TPSA) is 53.3 Å². The van der Waals surface area contributed by atoms with E-state index in [2.05, 4.69) is 19.9 Å². The minimum Gasteiger partial charge on any atom is -0.300 e. The van der Waals surface area contributed by atoms with E-state index in [0.29, 0.717) is 12.8 Å². The van der Waals surface area contributed by atoms with Gasteiger partial charge in [-0.05, 0) is 40.5 Å². The van der Waals surface area contributed by atoms with Crippen LogP contribution in [0.4, 0.5) is 0 Å². The summed E-state index contributed by atoms with van der Waals surface area (Å²) in [6.45, 7) is 13.7. The first-order valence-corrected chi connectivity index (χ1v) is 6.87. The van der Waals surface area contributed by atoms with Crippen molar-refractivity contribution >= 4 is 5.78 Å². The fraction of sp³-hybridized carbons (Fsp3) is 0.867. The van der Waals surface area contributed by atoms with Crippen molar-refractivity contribution in [3.05, 3.63) is 0 Å². The van der Waals surface area contributed by atoms with Crippen molar-refractivity contribution in [1.29, 1.82) is 5.26 Å². The summed E-state index contributed by atoms with van der Waals surface area (Å²) in [7, 11) is 0. The highest BCUT2D eigenvalue weighted by molar-refractivity contribution is 5.81. The van der Waals surface area contributed by atoms with Crippen LogP contribution in [0.2, 0.25) is 0 Å². The van der Waals surface area contributed by atoms with Crippen LogP contribution in [0.5, 0.6) is 0 Å². The molecule has 19 heavy (non-hydrogen) atoms. The molecular formula is C15H26N2O2. The number of rotatable bonds is 3. The number of hydrogen-bond acceptors (Lipinski definition) is 4. The Balaban J connectivity index is 3.19. The predicted octanol–water partition coefficient (Wildman–Crippen LogP) is 3.08. The second-order valence-electron chi connectivity index (χ2n) is 7.22. The SMILES string of the molecule is CC(C)C1(C)CC(=O)CC(C)(C)N1OC(C)(C)C#N. The van der Waals surface area contributed by atoms with Gasteiger partial charge in [0.25, 0.3) is 0 Å². The third-order valence-electron chi connectivity index (χ3n) is 4.03. The Morgan fingerprint density at radius 1 is 1.32 bits per heavy atom. The molecule has 1 atom stereocenters. The Morgan fingerprint density at radius 2 is 1.84 bits per heavy atom. The van der Waals surface area contributed by atoms with E-state index in [1.54, 1.807) is 13.8 Å². The lowest BCUT2D eigenvalue weighted by molar-refractivity contribution is -0.321. The van der Waals surface area contributed by atoms with E-state index in [-0.39, 0.29) is 17.2 Å². The molecule has 1 heterocycles. The zero-order valence-corrected chi connectivity index (χ0v) is 13.2. The van der Waals surface area contributed by atoms with Gasteiger partial charge in [-0.1, -0.05) is 13.8 Å². The summed E-state index contributed by atoms with van der Waals surface area (Å²) in [6.07, 6.45) is 0.923. The van der Waals surface area contributed by atoms with Gasteiger partial charge in [0.05, 0.1) is 11.6 Å². The van der Waals surface area contributed by atoms with E-state index in [0.717, 1.165) is 0 Å². The molecule has 1 aliphatic rings. The van der Waals surface area contributed by atoms with Gasteiger partial charge in [-0.15, -0.1) is 0 Å². The van der Waals surface area contributed by atoms with Crippen molar-refractivity contribution in [2.24, 2.45) is 5.92 Å². The van der Waals surface area contributed by atoms with Crippen LogP contribution in [-0.2, 0) is 9.63 Å². The number of Topliss-reactive ketones (excluding diaryl/α,β-unsaturated/α-hetero) is 1. The Labute approximate surface area is 116 Å². The first-order valence-electron chi connectivity index (χ1n) is 6.87. The second kappa shape index (κ2) is 4.88. The molecule has 108 valence electrons. The van der Waals surface area contributed by atoms with Gasteiger partial charge < -0.3 is 0 Å². The molecule has 1 aliphatic heterocycles. The maximum absolute atomic E-state index is 12.0. The lowest BCUT2D eigenvalue weighted by atomic mass is 9.74. The Hall–Kier alpha value is -0.920. The quantitative estimate of drug-likeness (QED) is 0.787. The van der Waals surface area contributed by atoms with E-state index >= 15 is 0 Å². The summed E-state index contributed by atoms with van der Waals surface area (Å²) >= 11 is 0. The molecule has 0 spiro atoms. The molecule has 0 radical (unpaired) electrons. The molecule has 1 unspecified atom stereocenters. The van der Waals surface area contributed by atoms with Crippen LogP contribution >= 0.6 is 0 Å². The molecule has 0 N–H and O–H groups in total. The number of carbonyl (C=O) groups excluding carboxylic acids is 1. The third-order valence-corrected chi connectivity index (χ3v) is 4.03. The van der Waals surface area contributed by atoms with Crippen molar-refractivity contribution in [2.45, 2.75) is 78.0 Å². The molecule has 0 aromatic carbocycles. The largest absolute Gasteiger partial charge is 0.300 e. The first kappa shape index (κ1) is 16.1. The maximum Gasteiger partial charge on any atom is 0.170 e. The van der Waals surface area contributed by atoms with Crippen molar-refractivity contribution in [2.75, 3.05) is 0 Å². The number of carbonyl (C=O) groups is 1. The molecule has 1 fully saturated rings. The second-order valence-corrected chi connectivity index (χ2v) is 7.22. The van der Waals surface area contributed by atoms with E-state index in [9.17, 15) is 10.1 Å². The van der Waals surface area contributed by atoms with Crippen LogP contribution in [0.3, 0.4) is 0 Å². The molecule has 0 aliphatic carbocycles. The average Bonchev–Trinajstić information content (AvgIpc) is 2.22. The van der Waals surface area contributed by atoms with Crippen LogP contribution in [0.15, 0.2) is 0 Å². The van der Waals surface area contributed by atoms with Crippen molar-refractivity contribution < 1.29 is 9.63 Å². The zero-order chi connectivity index (χ0) is 15.1. The molecule has 1 rings (SSSR count). The highest BCUT2D eigenvalue weighted by Crippen LogP contribution is 2.42. The standard InChI is InChI=1S/C15H26N2O2/c1-11(2)15(7)9-12(18)8-13(3,4)17(15)19-14(5,6)10-16/h11H,8-9H2,1-7H3. The first-order chi connectivity index (χ1) is 8.44. The zero-order valence-electron chi connectivity index (χ0n) is 13.2. The average molecular weight is 266 g/mol. The molecule has 0 amide bonds. The number of nitriles is 1.